The summed E-state index contributed by atoms with van der Waals surface area (Å²) in [6, 6.07) is 5.67. The van der Waals surface area contributed by atoms with Crippen LogP contribution in [0.1, 0.15) is 12.6 Å². The molecule has 0 aliphatic rings. The second-order valence-electron chi connectivity index (χ2n) is 4.32. The molecule has 0 saturated carbocycles. The van der Waals surface area contributed by atoms with Crippen LogP contribution in [0.4, 0.5) is 0 Å². The van der Waals surface area contributed by atoms with Gasteiger partial charge in [0, 0.05) is 25.6 Å². The van der Waals surface area contributed by atoms with E-state index < -0.39 is 0 Å². The molecule has 1 atom stereocenters. The summed E-state index contributed by atoms with van der Waals surface area (Å²) in [5.41, 5.74) is 0.776. The topological polar surface area (TPSA) is 59.0 Å². The minimum Gasteiger partial charge on any atom is -0.339 e. The second kappa shape index (κ2) is 7.00. The molecule has 0 aliphatic heterocycles. The van der Waals surface area contributed by atoms with Crippen LogP contribution in [0.3, 0.4) is 0 Å². The van der Waals surface area contributed by atoms with Crippen LogP contribution in [-0.2, 0) is 11.3 Å². The number of thioether (sulfide) groups is 1. The lowest BCUT2D eigenvalue weighted by molar-refractivity contribution is -0.129. The molecular formula is C14H16N4OS. The molecule has 2 rings (SSSR count). The van der Waals surface area contributed by atoms with E-state index in [0.29, 0.717) is 6.54 Å². The molecular weight excluding hydrogens is 272 g/mol. The van der Waals surface area contributed by atoms with Gasteiger partial charge in [0.2, 0.25) is 5.91 Å². The summed E-state index contributed by atoms with van der Waals surface area (Å²) in [5.74, 6) is 0.0475. The van der Waals surface area contributed by atoms with Crippen LogP contribution in [0.2, 0.25) is 0 Å². The zero-order valence-electron chi connectivity index (χ0n) is 11.4. The highest BCUT2D eigenvalue weighted by Gasteiger charge is 2.19. The number of carbonyl (C=O) groups is 1. The summed E-state index contributed by atoms with van der Waals surface area (Å²) >= 11 is 1.45. The first-order valence-electron chi connectivity index (χ1n) is 6.24. The number of carbonyl (C=O) groups excluding carboxylic acids is 1. The lowest BCUT2D eigenvalue weighted by atomic mass is 10.3. The Bertz CT molecular complexity index is 500. The molecule has 0 radical (unpaired) electrons. The third-order valence-electron chi connectivity index (χ3n) is 2.68. The lowest BCUT2D eigenvalue weighted by Crippen LogP contribution is -2.33. The second-order valence-corrected chi connectivity index (χ2v) is 5.68. The number of nitrogens with zero attached hydrogens (tertiary/aromatic N) is 4. The zero-order chi connectivity index (χ0) is 14.4. The molecule has 0 fully saturated rings. The van der Waals surface area contributed by atoms with Gasteiger partial charge in [-0.1, -0.05) is 17.8 Å². The van der Waals surface area contributed by atoms with Gasteiger partial charge < -0.3 is 4.90 Å². The average molecular weight is 288 g/mol. The Morgan fingerprint density at radius 2 is 2.15 bits per heavy atom. The molecule has 1 amide bonds. The number of pyridine rings is 1. The van der Waals surface area contributed by atoms with E-state index in [4.69, 9.17) is 0 Å². The predicted octanol–water partition coefficient (Wildman–Crippen LogP) is 2.01. The van der Waals surface area contributed by atoms with Gasteiger partial charge in [0.05, 0.1) is 28.7 Å². The molecule has 0 aromatic carbocycles. The molecule has 2 aromatic rings. The Kier molecular flexibility index (Phi) is 5.06. The Balaban J connectivity index is 1.93. The molecule has 2 aromatic heterocycles. The molecule has 0 aliphatic carbocycles. The van der Waals surface area contributed by atoms with Crippen LogP contribution >= 0.6 is 11.8 Å². The molecule has 20 heavy (non-hydrogen) atoms. The smallest absolute Gasteiger partial charge is 0.235 e. The Morgan fingerprint density at radius 3 is 2.80 bits per heavy atom. The van der Waals surface area contributed by atoms with Crippen molar-refractivity contribution in [1.82, 2.24) is 19.9 Å². The van der Waals surface area contributed by atoms with Gasteiger partial charge in [-0.2, -0.15) is 0 Å². The van der Waals surface area contributed by atoms with E-state index in [0.717, 1.165) is 10.7 Å². The molecule has 2 heterocycles. The predicted molar refractivity (Wildman–Crippen MR) is 78.1 cm³/mol. The number of hydrogen-bond acceptors (Lipinski definition) is 5. The number of aromatic nitrogens is 3. The fourth-order valence-electron chi connectivity index (χ4n) is 1.69. The van der Waals surface area contributed by atoms with E-state index in [1.54, 1.807) is 36.7 Å². The van der Waals surface area contributed by atoms with E-state index in [9.17, 15) is 4.79 Å². The SMILES string of the molecule is C[C@@H](Sc1ccccn1)C(=O)N(C)Cc1cnccn1. The van der Waals surface area contributed by atoms with E-state index >= 15 is 0 Å². The first kappa shape index (κ1) is 14.5. The Hall–Kier alpha value is -1.95. The fraction of sp³-hybridized carbons (Fsp3) is 0.286. The molecule has 5 nitrogen and oxygen atoms in total. The molecule has 0 bridgehead atoms. The first-order valence-corrected chi connectivity index (χ1v) is 7.12. The van der Waals surface area contributed by atoms with Gasteiger partial charge in [-0.15, -0.1) is 0 Å². The zero-order valence-corrected chi connectivity index (χ0v) is 12.2. The van der Waals surface area contributed by atoms with Crippen molar-refractivity contribution in [3.8, 4) is 0 Å². The average Bonchev–Trinajstić information content (AvgIpc) is 2.48. The number of rotatable bonds is 5. The normalized spacial score (nSPS) is 11.9. The van der Waals surface area contributed by atoms with Crippen LogP contribution in [0.25, 0.3) is 0 Å². The fourth-order valence-corrected chi connectivity index (χ4v) is 2.61. The molecule has 0 N–H and O–H groups in total. The minimum absolute atomic E-state index is 0.0475. The maximum atomic E-state index is 12.3. The van der Waals surface area contributed by atoms with E-state index in [2.05, 4.69) is 15.0 Å². The highest BCUT2D eigenvalue weighted by atomic mass is 32.2. The van der Waals surface area contributed by atoms with Gasteiger partial charge in [-0.3, -0.25) is 14.8 Å². The number of hydrogen-bond donors (Lipinski definition) is 0. The van der Waals surface area contributed by atoms with E-state index in [-0.39, 0.29) is 11.2 Å². The molecule has 104 valence electrons. The van der Waals surface area contributed by atoms with Gasteiger partial charge in [0.1, 0.15) is 0 Å². The molecule has 0 saturated heterocycles. The largest absolute Gasteiger partial charge is 0.339 e. The van der Waals surface area contributed by atoms with Crippen molar-refractivity contribution < 1.29 is 4.79 Å². The van der Waals surface area contributed by atoms with Crippen molar-refractivity contribution in [1.29, 1.82) is 0 Å². The van der Waals surface area contributed by atoms with Gasteiger partial charge in [-0.25, -0.2) is 4.98 Å². The highest BCUT2D eigenvalue weighted by Crippen LogP contribution is 2.22. The standard InChI is InChI=1S/C14H16N4OS/c1-11(20-13-5-3-4-6-17-13)14(19)18(2)10-12-9-15-7-8-16-12/h3-9,11H,10H2,1-2H3/t11-/m1/s1. The van der Waals surface area contributed by atoms with Crippen LogP contribution in [0.5, 0.6) is 0 Å². The highest BCUT2D eigenvalue weighted by molar-refractivity contribution is 8.00. The van der Waals surface area contributed by atoms with Gasteiger partial charge >= 0.3 is 0 Å². The van der Waals surface area contributed by atoms with Gasteiger partial charge in [0.25, 0.3) is 0 Å². The van der Waals surface area contributed by atoms with Crippen molar-refractivity contribution in [3.63, 3.8) is 0 Å². The van der Waals surface area contributed by atoms with Crippen LogP contribution in [0.15, 0.2) is 48.0 Å². The van der Waals surface area contributed by atoms with E-state index in [1.807, 2.05) is 25.1 Å². The van der Waals surface area contributed by atoms with E-state index in [1.165, 1.54) is 11.8 Å². The maximum absolute atomic E-state index is 12.3. The van der Waals surface area contributed by atoms with Gasteiger partial charge in [-0.05, 0) is 19.1 Å². The van der Waals surface area contributed by atoms with Gasteiger partial charge in [0.15, 0.2) is 0 Å². The third-order valence-corrected chi connectivity index (χ3v) is 3.71. The van der Waals surface area contributed by atoms with Crippen molar-refractivity contribution in [3.05, 3.63) is 48.7 Å². The molecule has 0 unspecified atom stereocenters. The summed E-state index contributed by atoms with van der Waals surface area (Å²) in [5, 5.41) is 0.660. The maximum Gasteiger partial charge on any atom is 0.235 e. The minimum atomic E-state index is -0.188. The Morgan fingerprint density at radius 1 is 1.30 bits per heavy atom. The van der Waals surface area contributed by atoms with Crippen molar-refractivity contribution in [2.75, 3.05) is 7.05 Å². The van der Waals surface area contributed by atoms with Crippen LogP contribution in [-0.4, -0.2) is 38.1 Å². The monoisotopic (exact) mass is 288 g/mol. The number of amides is 1. The summed E-state index contributed by atoms with van der Waals surface area (Å²) < 4.78 is 0. The molecule has 6 heteroatoms. The summed E-state index contributed by atoms with van der Waals surface area (Å²) in [4.78, 5) is 26.3. The van der Waals surface area contributed by atoms with Crippen molar-refractivity contribution in [2.45, 2.75) is 23.7 Å². The summed E-state index contributed by atoms with van der Waals surface area (Å²) in [6.45, 7) is 2.34. The third kappa shape index (κ3) is 4.03. The van der Waals surface area contributed by atoms with Crippen LogP contribution in [0, 0.1) is 0 Å². The first-order chi connectivity index (χ1) is 9.66. The van der Waals surface area contributed by atoms with Crippen molar-refractivity contribution in [2.24, 2.45) is 0 Å². The summed E-state index contributed by atoms with van der Waals surface area (Å²) in [6.07, 6.45) is 6.63. The van der Waals surface area contributed by atoms with Crippen LogP contribution < -0.4 is 0 Å². The Labute approximate surface area is 122 Å². The lowest BCUT2D eigenvalue weighted by Gasteiger charge is -2.20. The van der Waals surface area contributed by atoms with Crippen molar-refractivity contribution >= 4 is 17.7 Å². The quantitative estimate of drug-likeness (QED) is 0.788. The summed E-state index contributed by atoms with van der Waals surface area (Å²) in [7, 11) is 1.77. The molecule has 0 spiro atoms.